The van der Waals surface area contributed by atoms with Crippen LogP contribution in [0.3, 0.4) is 0 Å². The maximum Gasteiger partial charge on any atom is 0.389 e. The summed E-state index contributed by atoms with van der Waals surface area (Å²) in [4.78, 5) is 35.5. The van der Waals surface area contributed by atoms with Crippen LogP contribution in [-0.2, 0) is 11.3 Å². The van der Waals surface area contributed by atoms with E-state index in [0.717, 1.165) is 12.8 Å². The molecule has 1 spiro atoms. The summed E-state index contributed by atoms with van der Waals surface area (Å²) < 4.78 is 44.9. The molecule has 34 heavy (non-hydrogen) atoms. The van der Waals surface area contributed by atoms with Gasteiger partial charge in [0.15, 0.2) is 0 Å². The van der Waals surface area contributed by atoms with Crippen LogP contribution in [0, 0.1) is 11.3 Å². The molecule has 2 aromatic heterocycles. The lowest BCUT2D eigenvalue weighted by Crippen LogP contribution is -2.62. The number of aliphatic hydroxyl groups is 1. The van der Waals surface area contributed by atoms with Crippen molar-refractivity contribution >= 4 is 16.8 Å². The van der Waals surface area contributed by atoms with Crippen LogP contribution in [0.15, 0.2) is 23.3 Å². The van der Waals surface area contributed by atoms with Crippen LogP contribution in [0.4, 0.5) is 13.2 Å². The molecule has 0 aromatic carbocycles. The second-order valence-corrected chi connectivity index (χ2v) is 9.65. The summed E-state index contributed by atoms with van der Waals surface area (Å²) in [6, 6.07) is 1.80. The van der Waals surface area contributed by atoms with Crippen molar-refractivity contribution in [1.82, 2.24) is 19.4 Å². The predicted molar refractivity (Wildman–Crippen MR) is 117 cm³/mol. The van der Waals surface area contributed by atoms with Crippen LogP contribution < -0.4 is 10.3 Å². The van der Waals surface area contributed by atoms with Crippen molar-refractivity contribution in [3.63, 3.8) is 0 Å². The van der Waals surface area contributed by atoms with Crippen LogP contribution in [0.25, 0.3) is 10.9 Å². The number of fused-ring (bicyclic) bond motifs is 1. The highest BCUT2D eigenvalue weighted by atomic mass is 19.4. The van der Waals surface area contributed by atoms with Gasteiger partial charge >= 0.3 is 12.2 Å². The molecule has 8 nitrogen and oxygen atoms in total. The fourth-order valence-electron chi connectivity index (χ4n) is 5.59. The first-order chi connectivity index (χ1) is 16.0. The molecule has 0 bridgehead atoms. The van der Waals surface area contributed by atoms with E-state index in [0.29, 0.717) is 23.7 Å². The van der Waals surface area contributed by atoms with Crippen LogP contribution in [-0.4, -0.2) is 62.4 Å². The van der Waals surface area contributed by atoms with Crippen molar-refractivity contribution in [2.75, 3.05) is 20.2 Å². The summed E-state index contributed by atoms with van der Waals surface area (Å²) in [5, 5.41) is 12.1. The third-order valence-corrected chi connectivity index (χ3v) is 7.42. The number of carbonyl (C=O) groups is 1. The minimum atomic E-state index is -4.42. The van der Waals surface area contributed by atoms with Gasteiger partial charge in [0.1, 0.15) is 0 Å². The van der Waals surface area contributed by atoms with Crippen molar-refractivity contribution < 1.29 is 27.8 Å². The average molecular weight is 483 g/mol. The molecule has 2 aliphatic rings. The standard InChI is InChI=1S/C23H29F3N4O4/c1-15(11-23(24,25)26)18(31)30-10-8-22(33,21(13-30)6-3-4-7-21)14-29-9-5-17-16(19(29)32)12-27-20(28-17)34-2/h5,9,12,15,33H,3-4,6-8,10-11,13-14H2,1-2H3/t15-,22?/m1/s1. The number of hydrogen-bond acceptors (Lipinski definition) is 6. The summed E-state index contributed by atoms with van der Waals surface area (Å²) >= 11 is 0. The normalized spacial score (nSPS) is 23.4. The van der Waals surface area contributed by atoms with Crippen LogP contribution in [0.2, 0.25) is 0 Å². The molecule has 0 radical (unpaired) electrons. The fourth-order valence-corrected chi connectivity index (χ4v) is 5.59. The maximum atomic E-state index is 13.1. The number of pyridine rings is 1. The number of nitrogens with zero attached hydrogens (tertiary/aromatic N) is 4. The van der Waals surface area contributed by atoms with Crippen molar-refractivity contribution in [1.29, 1.82) is 0 Å². The number of rotatable bonds is 5. The summed E-state index contributed by atoms with van der Waals surface area (Å²) in [5.74, 6) is -1.72. The van der Waals surface area contributed by atoms with Gasteiger partial charge in [-0.15, -0.1) is 0 Å². The Morgan fingerprint density at radius 2 is 2.00 bits per heavy atom. The van der Waals surface area contributed by atoms with Crippen LogP contribution in [0.5, 0.6) is 6.01 Å². The van der Waals surface area contributed by atoms with Crippen LogP contribution in [0.1, 0.15) is 45.4 Å². The Hall–Kier alpha value is -2.69. The number of halogens is 3. The van der Waals surface area contributed by atoms with E-state index in [1.54, 1.807) is 12.3 Å². The lowest BCUT2D eigenvalue weighted by atomic mass is 9.65. The molecule has 186 valence electrons. The number of hydrogen-bond donors (Lipinski definition) is 1. The van der Waals surface area contributed by atoms with Gasteiger partial charge in [-0.2, -0.15) is 18.2 Å². The Balaban J connectivity index is 1.60. The molecule has 2 aromatic rings. The SMILES string of the molecule is COc1ncc2c(=O)n(CC3(O)CCN(C(=O)[C@H](C)CC(F)(F)F)CC34CCCC4)ccc2n1. The van der Waals surface area contributed by atoms with Gasteiger partial charge in [-0.3, -0.25) is 9.59 Å². The van der Waals surface area contributed by atoms with Crippen LogP contribution >= 0.6 is 0 Å². The summed E-state index contributed by atoms with van der Waals surface area (Å²) in [7, 11) is 1.43. The highest BCUT2D eigenvalue weighted by molar-refractivity contribution is 5.79. The van der Waals surface area contributed by atoms with E-state index >= 15 is 0 Å². The largest absolute Gasteiger partial charge is 0.467 e. The van der Waals surface area contributed by atoms with E-state index in [2.05, 4.69) is 9.97 Å². The second-order valence-electron chi connectivity index (χ2n) is 9.65. The number of likely N-dealkylation sites (tertiary alicyclic amines) is 1. The molecule has 2 atom stereocenters. The summed E-state index contributed by atoms with van der Waals surface area (Å²) in [5.41, 5.74) is -1.88. The number of ether oxygens (including phenoxy) is 1. The molecule has 1 unspecified atom stereocenters. The zero-order valence-corrected chi connectivity index (χ0v) is 19.3. The van der Waals surface area contributed by atoms with E-state index in [4.69, 9.17) is 4.74 Å². The van der Waals surface area contributed by atoms with E-state index in [1.165, 1.54) is 29.7 Å². The molecule has 2 fully saturated rings. The number of piperidine rings is 1. The molecule has 1 aliphatic heterocycles. The molecule has 1 saturated heterocycles. The van der Waals surface area contributed by atoms with Gasteiger partial charge in [0.25, 0.3) is 5.56 Å². The lowest BCUT2D eigenvalue weighted by Gasteiger charge is -2.52. The van der Waals surface area contributed by atoms with E-state index < -0.39 is 35.4 Å². The Morgan fingerprint density at radius 3 is 2.65 bits per heavy atom. The van der Waals surface area contributed by atoms with Gasteiger partial charge in [0, 0.05) is 36.8 Å². The van der Waals surface area contributed by atoms with Gasteiger partial charge in [-0.05, 0) is 25.3 Å². The van der Waals surface area contributed by atoms with E-state index in [1.807, 2.05) is 0 Å². The molecular formula is C23H29F3N4O4. The maximum absolute atomic E-state index is 13.1. The smallest absolute Gasteiger partial charge is 0.389 e. The Kier molecular flexibility index (Phi) is 6.34. The minimum Gasteiger partial charge on any atom is -0.467 e. The predicted octanol–water partition coefficient (Wildman–Crippen LogP) is 2.91. The van der Waals surface area contributed by atoms with Crippen molar-refractivity contribution in [3.05, 3.63) is 28.8 Å². The lowest BCUT2D eigenvalue weighted by molar-refractivity contribution is -0.172. The highest BCUT2D eigenvalue weighted by Crippen LogP contribution is 2.51. The molecule has 1 aliphatic carbocycles. The fraction of sp³-hybridized carbons (Fsp3) is 0.652. The minimum absolute atomic E-state index is 0.0218. The summed E-state index contributed by atoms with van der Waals surface area (Å²) in [6.07, 6.45) is 0.541. The Morgan fingerprint density at radius 1 is 1.29 bits per heavy atom. The summed E-state index contributed by atoms with van der Waals surface area (Å²) in [6.45, 7) is 1.65. The quantitative estimate of drug-likeness (QED) is 0.704. The molecular weight excluding hydrogens is 453 g/mol. The number of aromatic nitrogens is 3. The first-order valence-corrected chi connectivity index (χ1v) is 11.5. The Bertz CT molecular complexity index is 1130. The number of amides is 1. The van der Waals surface area contributed by atoms with E-state index in [9.17, 15) is 27.9 Å². The molecule has 3 heterocycles. The van der Waals surface area contributed by atoms with Crippen molar-refractivity contribution in [3.8, 4) is 6.01 Å². The first kappa shape index (κ1) is 24.4. The first-order valence-electron chi connectivity index (χ1n) is 11.5. The molecule has 4 rings (SSSR count). The zero-order chi connectivity index (χ0) is 24.7. The molecule has 11 heteroatoms. The van der Waals surface area contributed by atoms with Crippen molar-refractivity contribution in [2.45, 2.75) is 63.8 Å². The van der Waals surface area contributed by atoms with Gasteiger partial charge < -0.3 is 19.3 Å². The van der Waals surface area contributed by atoms with Gasteiger partial charge in [-0.1, -0.05) is 19.8 Å². The van der Waals surface area contributed by atoms with Gasteiger partial charge in [-0.25, -0.2) is 4.98 Å². The second kappa shape index (κ2) is 8.83. The topological polar surface area (TPSA) is 97.5 Å². The molecule has 1 N–H and O–H groups in total. The molecule has 1 saturated carbocycles. The molecule has 1 amide bonds. The van der Waals surface area contributed by atoms with Gasteiger partial charge in [0.2, 0.25) is 5.91 Å². The highest BCUT2D eigenvalue weighted by Gasteiger charge is 2.56. The number of methoxy groups -OCH3 is 1. The van der Waals surface area contributed by atoms with Gasteiger partial charge in [0.05, 0.1) is 36.6 Å². The third kappa shape index (κ3) is 4.49. The van der Waals surface area contributed by atoms with E-state index in [-0.39, 0.29) is 37.6 Å². The average Bonchev–Trinajstić information content (AvgIpc) is 3.26. The third-order valence-electron chi connectivity index (χ3n) is 7.42. The number of carbonyl (C=O) groups excluding carboxylic acids is 1. The Labute approximate surface area is 194 Å². The zero-order valence-electron chi connectivity index (χ0n) is 19.3. The number of alkyl halides is 3. The van der Waals surface area contributed by atoms with Crippen molar-refractivity contribution in [2.24, 2.45) is 11.3 Å². The monoisotopic (exact) mass is 482 g/mol.